The van der Waals surface area contributed by atoms with E-state index in [4.69, 9.17) is 4.74 Å². The highest BCUT2D eigenvalue weighted by atomic mass is 16.5. The van der Waals surface area contributed by atoms with Crippen molar-refractivity contribution in [3.8, 4) is 5.75 Å². The predicted octanol–water partition coefficient (Wildman–Crippen LogP) is 3.50. The summed E-state index contributed by atoms with van der Waals surface area (Å²) in [5, 5.41) is 4.95. The molecule has 1 amide bonds. The highest BCUT2D eigenvalue weighted by molar-refractivity contribution is 5.82. The molecule has 1 fully saturated rings. The molecule has 3 aromatic rings. The van der Waals surface area contributed by atoms with Gasteiger partial charge in [0.05, 0.1) is 13.5 Å². The first-order chi connectivity index (χ1) is 13.7. The number of amides is 1. The van der Waals surface area contributed by atoms with Gasteiger partial charge in [-0.2, -0.15) is 0 Å². The Hall–Kier alpha value is -2.79. The van der Waals surface area contributed by atoms with Gasteiger partial charge in [-0.05, 0) is 36.6 Å². The van der Waals surface area contributed by atoms with Crippen molar-refractivity contribution in [2.45, 2.75) is 31.8 Å². The Balaban J connectivity index is 1.28. The number of aromatic amines is 1. The Morgan fingerprint density at radius 2 is 1.89 bits per heavy atom. The van der Waals surface area contributed by atoms with Crippen LogP contribution in [0.15, 0.2) is 54.7 Å². The maximum atomic E-state index is 12.7. The van der Waals surface area contributed by atoms with Crippen molar-refractivity contribution in [2.75, 3.05) is 20.2 Å². The van der Waals surface area contributed by atoms with Gasteiger partial charge < -0.3 is 19.9 Å². The van der Waals surface area contributed by atoms with E-state index in [-0.39, 0.29) is 5.91 Å². The van der Waals surface area contributed by atoms with Crippen LogP contribution in [0.3, 0.4) is 0 Å². The number of hydrogen-bond donors (Lipinski definition) is 2. The van der Waals surface area contributed by atoms with Crippen LogP contribution in [0.4, 0.5) is 0 Å². The molecule has 1 aromatic heterocycles. The number of fused-ring (bicyclic) bond motifs is 1. The van der Waals surface area contributed by atoms with Gasteiger partial charge in [0.2, 0.25) is 5.91 Å². The lowest BCUT2D eigenvalue weighted by Gasteiger charge is -2.32. The maximum absolute atomic E-state index is 12.7. The number of hydrogen-bond acceptors (Lipinski definition) is 3. The molecule has 0 radical (unpaired) electrons. The summed E-state index contributed by atoms with van der Waals surface area (Å²) in [5.41, 5.74) is 3.44. The zero-order valence-electron chi connectivity index (χ0n) is 16.3. The second-order valence-corrected chi connectivity index (χ2v) is 7.38. The van der Waals surface area contributed by atoms with Gasteiger partial charge in [0, 0.05) is 48.3 Å². The Bertz CT molecular complexity index is 942. The van der Waals surface area contributed by atoms with Crippen molar-refractivity contribution in [1.29, 1.82) is 0 Å². The van der Waals surface area contributed by atoms with Crippen LogP contribution in [0.25, 0.3) is 10.9 Å². The molecule has 0 aliphatic carbocycles. The number of rotatable bonds is 6. The SMILES string of the molecule is COc1ccccc1CC(=O)N1CCC(NCc2cccc3[nH]ccc23)CC1. The van der Waals surface area contributed by atoms with Crippen LogP contribution in [0, 0.1) is 0 Å². The number of methoxy groups -OCH3 is 1. The molecule has 1 saturated heterocycles. The van der Waals surface area contributed by atoms with Crippen LogP contribution < -0.4 is 10.1 Å². The molecule has 5 heteroatoms. The van der Waals surface area contributed by atoms with Gasteiger partial charge in [-0.3, -0.25) is 4.79 Å². The van der Waals surface area contributed by atoms with Gasteiger partial charge in [-0.25, -0.2) is 0 Å². The molecular formula is C23H27N3O2. The van der Waals surface area contributed by atoms with E-state index in [0.717, 1.165) is 43.8 Å². The minimum Gasteiger partial charge on any atom is -0.496 e. The van der Waals surface area contributed by atoms with Crippen molar-refractivity contribution in [3.05, 3.63) is 65.9 Å². The Kier molecular flexibility index (Phi) is 5.63. The van der Waals surface area contributed by atoms with Gasteiger partial charge >= 0.3 is 0 Å². The lowest BCUT2D eigenvalue weighted by atomic mass is 10.0. The van der Waals surface area contributed by atoms with E-state index < -0.39 is 0 Å². The van der Waals surface area contributed by atoms with E-state index >= 15 is 0 Å². The third-order valence-corrected chi connectivity index (χ3v) is 5.65. The van der Waals surface area contributed by atoms with E-state index in [1.54, 1.807) is 7.11 Å². The smallest absolute Gasteiger partial charge is 0.227 e. The molecular weight excluding hydrogens is 350 g/mol. The van der Waals surface area contributed by atoms with E-state index in [1.165, 1.54) is 16.5 Å². The highest BCUT2D eigenvalue weighted by Crippen LogP contribution is 2.21. The summed E-state index contributed by atoms with van der Waals surface area (Å²) in [6.45, 7) is 2.47. The van der Waals surface area contributed by atoms with Crippen molar-refractivity contribution in [3.63, 3.8) is 0 Å². The van der Waals surface area contributed by atoms with Gasteiger partial charge in [0.15, 0.2) is 0 Å². The zero-order valence-corrected chi connectivity index (χ0v) is 16.3. The van der Waals surface area contributed by atoms with Crippen LogP contribution in [0.2, 0.25) is 0 Å². The van der Waals surface area contributed by atoms with Crippen LogP contribution in [-0.2, 0) is 17.8 Å². The van der Waals surface area contributed by atoms with Gasteiger partial charge in [0.25, 0.3) is 0 Å². The molecule has 4 rings (SSSR count). The van der Waals surface area contributed by atoms with E-state index in [0.29, 0.717) is 12.5 Å². The van der Waals surface area contributed by atoms with Gasteiger partial charge in [-0.1, -0.05) is 30.3 Å². The predicted molar refractivity (Wildman–Crippen MR) is 111 cm³/mol. The Morgan fingerprint density at radius 1 is 1.11 bits per heavy atom. The summed E-state index contributed by atoms with van der Waals surface area (Å²) in [6, 6.07) is 16.7. The third kappa shape index (κ3) is 4.04. The van der Waals surface area contributed by atoms with Crippen molar-refractivity contribution in [2.24, 2.45) is 0 Å². The number of aromatic nitrogens is 1. The molecule has 0 atom stereocenters. The van der Waals surface area contributed by atoms with Crippen LogP contribution in [0.1, 0.15) is 24.0 Å². The number of carbonyl (C=O) groups is 1. The number of para-hydroxylation sites is 1. The standard InChI is InChI=1S/C23H27N3O2/c1-28-22-8-3-2-5-17(22)15-23(27)26-13-10-19(11-14-26)25-16-18-6-4-7-21-20(18)9-12-24-21/h2-9,12,19,24-25H,10-11,13-16H2,1H3. The highest BCUT2D eigenvalue weighted by Gasteiger charge is 2.23. The lowest BCUT2D eigenvalue weighted by Crippen LogP contribution is -2.45. The minimum absolute atomic E-state index is 0.181. The molecule has 0 spiro atoms. The fourth-order valence-corrected chi connectivity index (χ4v) is 4.02. The first kappa shape index (κ1) is 18.6. The topological polar surface area (TPSA) is 57.4 Å². The number of nitrogens with one attached hydrogen (secondary N) is 2. The number of benzene rings is 2. The first-order valence-corrected chi connectivity index (χ1v) is 9.92. The number of H-pyrrole nitrogens is 1. The molecule has 0 bridgehead atoms. The second kappa shape index (κ2) is 8.48. The van der Waals surface area contributed by atoms with Crippen molar-refractivity contribution >= 4 is 16.8 Å². The molecule has 5 nitrogen and oxygen atoms in total. The van der Waals surface area contributed by atoms with E-state index in [2.05, 4.69) is 34.6 Å². The zero-order chi connectivity index (χ0) is 19.3. The summed E-state index contributed by atoms with van der Waals surface area (Å²) in [6.07, 6.45) is 4.36. The summed E-state index contributed by atoms with van der Waals surface area (Å²) >= 11 is 0. The summed E-state index contributed by atoms with van der Waals surface area (Å²) in [7, 11) is 1.65. The fraction of sp³-hybridized carbons (Fsp3) is 0.348. The Morgan fingerprint density at radius 3 is 2.71 bits per heavy atom. The van der Waals surface area contributed by atoms with Crippen molar-refractivity contribution < 1.29 is 9.53 Å². The molecule has 2 aromatic carbocycles. The second-order valence-electron chi connectivity index (χ2n) is 7.38. The minimum atomic E-state index is 0.181. The van der Waals surface area contributed by atoms with Gasteiger partial charge in [0.1, 0.15) is 5.75 Å². The molecule has 146 valence electrons. The average Bonchev–Trinajstić information content (AvgIpc) is 3.22. The summed E-state index contributed by atoms with van der Waals surface area (Å²) < 4.78 is 5.37. The normalized spacial score (nSPS) is 15.1. The van der Waals surface area contributed by atoms with E-state index in [9.17, 15) is 4.79 Å². The molecule has 1 aliphatic heterocycles. The lowest BCUT2D eigenvalue weighted by molar-refractivity contribution is -0.131. The molecule has 0 saturated carbocycles. The number of piperidine rings is 1. The van der Waals surface area contributed by atoms with Crippen LogP contribution >= 0.6 is 0 Å². The molecule has 28 heavy (non-hydrogen) atoms. The molecule has 2 heterocycles. The van der Waals surface area contributed by atoms with Crippen molar-refractivity contribution in [1.82, 2.24) is 15.2 Å². The average molecular weight is 377 g/mol. The summed E-state index contributed by atoms with van der Waals surface area (Å²) in [4.78, 5) is 17.9. The Labute approximate surface area is 165 Å². The first-order valence-electron chi connectivity index (χ1n) is 9.92. The van der Waals surface area contributed by atoms with Crippen LogP contribution in [-0.4, -0.2) is 42.0 Å². The summed E-state index contributed by atoms with van der Waals surface area (Å²) in [5.74, 6) is 0.964. The third-order valence-electron chi connectivity index (χ3n) is 5.65. The number of ether oxygens (including phenoxy) is 1. The fourth-order valence-electron chi connectivity index (χ4n) is 4.02. The number of carbonyl (C=O) groups excluding carboxylic acids is 1. The van der Waals surface area contributed by atoms with Gasteiger partial charge in [-0.15, -0.1) is 0 Å². The number of nitrogens with zero attached hydrogens (tertiary/aromatic N) is 1. The molecule has 0 unspecified atom stereocenters. The quantitative estimate of drug-likeness (QED) is 0.691. The van der Waals surface area contributed by atoms with Crippen LogP contribution in [0.5, 0.6) is 5.75 Å². The molecule has 1 aliphatic rings. The monoisotopic (exact) mass is 377 g/mol. The largest absolute Gasteiger partial charge is 0.496 e. The number of likely N-dealkylation sites (tertiary alicyclic amines) is 1. The van der Waals surface area contributed by atoms with E-state index in [1.807, 2.05) is 35.4 Å². The maximum Gasteiger partial charge on any atom is 0.227 e. The molecule has 2 N–H and O–H groups in total.